The topological polar surface area (TPSA) is 77.0 Å². The van der Waals surface area contributed by atoms with Crippen molar-refractivity contribution in [3.63, 3.8) is 0 Å². The zero-order chi connectivity index (χ0) is 10.1. The number of nitrogens with one attached hydrogen (secondary N) is 1. The summed E-state index contributed by atoms with van der Waals surface area (Å²) in [6, 6.07) is 3.56. The van der Waals surface area contributed by atoms with E-state index in [0.717, 1.165) is 5.82 Å². The number of anilines is 3. The highest BCUT2D eigenvalue weighted by Crippen LogP contribution is 2.17. The van der Waals surface area contributed by atoms with Gasteiger partial charge in [0.15, 0.2) is 0 Å². The van der Waals surface area contributed by atoms with Crippen molar-refractivity contribution in [1.29, 1.82) is 0 Å². The second kappa shape index (κ2) is 3.12. The molecule has 0 fully saturated rings. The first-order valence-corrected chi connectivity index (χ1v) is 4.19. The maximum Gasteiger partial charge on any atom is 0.149 e. The van der Waals surface area contributed by atoms with Crippen molar-refractivity contribution < 1.29 is 0 Å². The summed E-state index contributed by atoms with van der Waals surface area (Å²) >= 11 is 0. The number of hydrogen-bond acceptors (Lipinski definition) is 4. The van der Waals surface area contributed by atoms with Crippen LogP contribution in [0.3, 0.4) is 0 Å². The molecule has 0 aliphatic rings. The van der Waals surface area contributed by atoms with Crippen molar-refractivity contribution in [2.24, 2.45) is 0 Å². The third-order valence-electron chi connectivity index (χ3n) is 1.46. The average molecular weight is 180 g/mol. The standard InChI is InChI=1S/C9H16N4/c1-9(2,3)13-7-5-4-6(10)8(11)12-7/h4-5H,10H2,1-3H3,(H3,11,12,13). The van der Waals surface area contributed by atoms with Crippen molar-refractivity contribution in [3.05, 3.63) is 12.1 Å². The predicted molar refractivity (Wildman–Crippen MR) is 56.4 cm³/mol. The SMILES string of the molecule is CC(C)(C)Nc1ccc(N)c(N)n1. The predicted octanol–water partition coefficient (Wildman–Crippen LogP) is 1.46. The third kappa shape index (κ3) is 2.82. The number of hydrogen-bond donors (Lipinski definition) is 3. The minimum atomic E-state index is -0.0183. The quantitative estimate of drug-likeness (QED) is 0.611. The van der Waals surface area contributed by atoms with Crippen molar-refractivity contribution in [2.75, 3.05) is 16.8 Å². The molecule has 0 unspecified atom stereocenters. The summed E-state index contributed by atoms with van der Waals surface area (Å²) in [5, 5.41) is 3.20. The molecule has 0 atom stereocenters. The van der Waals surface area contributed by atoms with E-state index in [-0.39, 0.29) is 5.54 Å². The van der Waals surface area contributed by atoms with E-state index >= 15 is 0 Å². The minimum absolute atomic E-state index is 0.0183. The maximum atomic E-state index is 5.56. The van der Waals surface area contributed by atoms with Gasteiger partial charge in [-0.2, -0.15) is 0 Å². The van der Waals surface area contributed by atoms with Gasteiger partial charge in [0, 0.05) is 5.54 Å². The fraction of sp³-hybridized carbons (Fsp3) is 0.444. The lowest BCUT2D eigenvalue weighted by atomic mass is 10.1. The molecule has 4 heteroatoms. The maximum absolute atomic E-state index is 5.56. The Morgan fingerprint density at radius 2 is 1.85 bits per heavy atom. The highest BCUT2D eigenvalue weighted by Gasteiger charge is 2.10. The lowest BCUT2D eigenvalue weighted by molar-refractivity contribution is 0.630. The largest absolute Gasteiger partial charge is 0.396 e. The molecule has 0 aromatic carbocycles. The van der Waals surface area contributed by atoms with Gasteiger partial charge in [0.2, 0.25) is 0 Å². The molecule has 0 radical (unpaired) electrons. The van der Waals surface area contributed by atoms with Crippen molar-refractivity contribution >= 4 is 17.3 Å². The molecule has 1 aromatic heterocycles. The Labute approximate surface area is 78.3 Å². The van der Waals surface area contributed by atoms with Crippen LogP contribution < -0.4 is 16.8 Å². The van der Waals surface area contributed by atoms with Gasteiger partial charge in [-0.1, -0.05) is 0 Å². The van der Waals surface area contributed by atoms with Crippen LogP contribution in [-0.2, 0) is 0 Å². The monoisotopic (exact) mass is 180 g/mol. The van der Waals surface area contributed by atoms with E-state index in [4.69, 9.17) is 11.5 Å². The summed E-state index contributed by atoms with van der Waals surface area (Å²) in [5.41, 5.74) is 11.6. The number of pyridine rings is 1. The van der Waals surface area contributed by atoms with Crippen LogP contribution in [0.15, 0.2) is 12.1 Å². The van der Waals surface area contributed by atoms with Crippen molar-refractivity contribution in [3.8, 4) is 0 Å². The smallest absolute Gasteiger partial charge is 0.149 e. The first-order valence-electron chi connectivity index (χ1n) is 4.19. The van der Waals surface area contributed by atoms with Crippen LogP contribution in [0.5, 0.6) is 0 Å². The number of nitrogens with two attached hydrogens (primary N) is 2. The Morgan fingerprint density at radius 3 is 2.31 bits per heavy atom. The Bertz CT molecular complexity index is 301. The fourth-order valence-electron chi connectivity index (χ4n) is 0.940. The molecule has 5 N–H and O–H groups in total. The Balaban J connectivity index is 2.86. The van der Waals surface area contributed by atoms with Gasteiger partial charge in [0.05, 0.1) is 5.69 Å². The van der Waals surface area contributed by atoms with Crippen LogP contribution in [-0.4, -0.2) is 10.5 Å². The lowest BCUT2D eigenvalue weighted by Gasteiger charge is -2.21. The van der Waals surface area contributed by atoms with E-state index in [1.807, 2.05) is 6.07 Å². The zero-order valence-electron chi connectivity index (χ0n) is 8.26. The molecule has 4 nitrogen and oxygen atoms in total. The van der Waals surface area contributed by atoms with Crippen molar-refractivity contribution in [1.82, 2.24) is 4.98 Å². The van der Waals surface area contributed by atoms with Crippen molar-refractivity contribution in [2.45, 2.75) is 26.3 Å². The van der Waals surface area contributed by atoms with E-state index in [9.17, 15) is 0 Å². The zero-order valence-corrected chi connectivity index (χ0v) is 8.26. The van der Waals surface area contributed by atoms with Crippen LogP contribution in [0.2, 0.25) is 0 Å². The molecule has 0 aliphatic carbocycles. The van der Waals surface area contributed by atoms with Gasteiger partial charge in [-0.05, 0) is 32.9 Å². The molecule has 13 heavy (non-hydrogen) atoms. The molecular formula is C9H16N4. The molecule has 0 bridgehead atoms. The number of aromatic nitrogens is 1. The summed E-state index contributed by atoms with van der Waals surface area (Å²) in [5.74, 6) is 1.12. The van der Waals surface area contributed by atoms with Crippen LogP contribution in [0.1, 0.15) is 20.8 Å². The van der Waals surface area contributed by atoms with E-state index in [0.29, 0.717) is 11.5 Å². The molecule has 0 amide bonds. The third-order valence-corrected chi connectivity index (χ3v) is 1.46. The molecule has 1 rings (SSSR count). The van der Waals surface area contributed by atoms with E-state index in [1.165, 1.54) is 0 Å². The van der Waals surface area contributed by atoms with E-state index in [2.05, 4.69) is 31.1 Å². The van der Waals surface area contributed by atoms with Crippen LogP contribution >= 0.6 is 0 Å². The first-order chi connectivity index (χ1) is 5.88. The second-order valence-electron chi connectivity index (χ2n) is 4.05. The second-order valence-corrected chi connectivity index (χ2v) is 4.05. The molecule has 0 aliphatic heterocycles. The van der Waals surface area contributed by atoms with Gasteiger partial charge >= 0.3 is 0 Å². The van der Waals surface area contributed by atoms with Crippen LogP contribution in [0.4, 0.5) is 17.3 Å². The number of nitrogens with zero attached hydrogens (tertiary/aromatic N) is 1. The lowest BCUT2D eigenvalue weighted by Crippen LogP contribution is -2.26. The Hall–Kier alpha value is -1.45. The molecule has 1 aromatic rings. The normalized spacial score (nSPS) is 11.3. The Kier molecular flexibility index (Phi) is 2.32. The van der Waals surface area contributed by atoms with Crippen LogP contribution in [0, 0.1) is 0 Å². The Morgan fingerprint density at radius 1 is 1.23 bits per heavy atom. The summed E-state index contributed by atoms with van der Waals surface area (Å²) < 4.78 is 0. The van der Waals surface area contributed by atoms with Gasteiger partial charge in [-0.3, -0.25) is 0 Å². The fourth-order valence-corrected chi connectivity index (χ4v) is 0.940. The molecule has 72 valence electrons. The van der Waals surface area contributed by atoms with Gasteiger partial charge in [0.1, 0.15) is 11.6 Å². The summed E-state index contributed by atoms with van der Waals surface area (Å²) in [6.45, 7) is 6.17. The van der Waals surface area contributed by atoms with Gasteiger partial charge < -0.3 is 16.8 Å². The molecular weight excluding hydrogens is 164 g/mol. The molecule has 1 heterocycles. The van der Waals surface area contributed by atoms with Gasteiger partial charge in [-0.15, -0.1) is 0 Å². The summed E-state index contributed by atoms with van der Waals surface area (Å²) in [6.07, 6.45) is 0. The van der Waals surface area contributed by atoms with Crippen LogP contribution in [0.25, 0.3) is 0 Å². The van der Waals surface area contributed by atoms with E-state index in [1.54, 1.807) is 6.07 Å². The van der Waals surface area contributed by atoms with Gasteiger partial charge in [-0.25, -0.2) is 4.98 Å². The molecule has 0 spiro atoms. The summed E-state index contributed by atoms with van der Waals surface area (Å²) in [4.78, 5) is 4.10. The van der Waals surface area contributed by atoms with E-state index < -0.39 is 0 Å². The average Bonchev–Trinajstić information content (AvgIpc) is 1.94. The highest BCUT2D eigenvalue weighted by atomic mass is 15.1. The number of rotatable bonds is 1. The first kappa shape index (κ1) is 9.64. The highest BCUT2D eigenvalue weighted by molar-refractivity contribution is 5.61. The number of nitrogen functional groups attached to an aromatic ring is 2. The summed E-state index contributed by atoms with van der Waals surface area (Å²) in [7, 11) is 0. The minimum Gasteiger partial charge on any atom is -0.396 e. The van der Waals surface area contributed by atoms with Gasteiger partial charge in [0.25, 0.3) is 0 Å². The molecule has 0 saturated heterocycles. The molecule has 0 saturated carbocycles.